The first kappa shape index (κ1) is 28.0. The fourth-order valence-corrected chi connectivity index (χ4v) is 8.74. The highest BCUT2D eigenvalue weighted by atomic mass is 32.1. The molecule has 1 unspecified atom stereocenters. The van der Waals surface area contributed by atoms with Gasteiger partial charge in [0.2, 0.25) is 0 Å². The number of nitrogens with zero attached hydrogens (tertiary/aromatic N) is 3. The molecule has 7 aromatic carbocycles. The van der Waals surface area contributed by atoms with E-state index >= 15 is 0 Å². The smallest absolute Gasteiger partial charge is 0.123 e. The molecular weight excluding hydrogens is 617 g/mol. The Morgan fingerprint density at radius 2 is 1.18 bits per heavy atom. The summed E-state index contributed by atoms with van der Waals surface area (Å²) in [6, 6.07) is 56.2. The quantitative estimate of drug-likeness (QED) is 0.186. The third-order valence-electron chi connectivity index (χ3n) is 9.73. The van der Waals surface area contributed by atoms with Crippen LogP contribution in [-0.4, -0.2) is 15.3 Å². The number of rotatable bonds is 5. The van der Waals surface area contributed by atoms with Crippen LogP contribution < -0.4 is 5.73 Å². The molecule has 0 radical (unpaired) electrons. The number of aromatic nitrogens is 2. The molecule has 4 nitrogen and oxygen atoms in total. The Balaban J connectivity index is 1.29. The van der Waals surface area contributed by atoms with Crippen molar-refractivity contribution in [3.05, 3.63) is 169 Å². The molecule has 10 rings (SSSR count). The van der Waals surface area contributed by atoms with Crippen LogP contribution in [0.1, 0.15) is 17.3 Å². The van der Waals surface area contributed by atoms with E-state index in [0.717, 1.165) is 28.0 Å². The van der Waals surface area contributed by atoms with E-state index < -0.39 is 6.17 Å². The summed E-state index contributed by atoms with van der Waals surface area (Å²) in [6.45, 7) is 0. The highest BCUT2D eigenvalue weighted by Gasteiger charge is 2.21. The summed E-state index contributed by atoms with van der Waals surface area (Å²) in [5, 5.41) is 7.53. The lowest BCUT2D eigenvalue weighted by atomic mass is 10.1. The molecular formula is C44H30N4S. The molecule has 3 heterocycles. The Morgan fingerprint density at radius 1 is 0.510 bits per heavy atom. The van der Waals surface area contributed by atoms with Gasteiger partial charge in [-0.1, -0.05) is 109 Å². The van der Waals surface area contributed by atoms with E-state index in [1.165, 1.54) is 58.3 Å². The van der Waals surface area contributed by atoms with E-state index in [0.29, 0.717) is 0 Å². The van der Waals surface area contributed by atoms with Crippen molar-refractivity contribution in [3.8, 4) is 11.4 Å². The molecule has 10 aromatic rings. The molecule has 0 bridgehead atoms. The Hall–Kier alpha value is -6.01. The van der Waals surface area contributed by atoms with Crippen molar-refractivity contribution in [1.82, 2.24) is 9.13 Å². The van der Waals surface area contributed by atoms with E-state index in [1.54, 1.807) is 0 Å². The number of hydrogen-bond donors (Lipinski definition) is 1. The van der Waals surface area contributed by atoms with Crippen LogP contribution in [0.3, 0.4) is 0 Å². The van der Waals surface area contributed by atoms with Crippen LogP contribution >= 0.6 is 11.3 Å². The molecule has 2 N–H and O–H groups in total. The minimum Gasteiger partial charge on any atom is -0.309 e. The van der Waals surface area contributed by atoms with Gasteiger partial charge in [0.25, 0.3) is 0 Å². The zero-order valence-corrected chi connectivity index (χ0v) is 27.3. The predicted octanol–water partition coefficient (Wildman–Crippen LogP) is 11.3. The van der Waals surface area contributed by atoms with Gasteiger partial charge in [-0.25, -0.2) is 0 Å². The highest BCUT2D eigenvalue weighted by Crippen LogP contribution is 2.45. The van der Waals surface area contributed by atoms with E-state index in [2.05, 4.69) is 137 Å². The van der Waals surface area contributed by atoms with E-state index in [-0.39, 0.29) is 0 Å². The van der Waals surface area contributed by atoms with Crippen molar-refractivity contribution in [2.75, 3.05) is 0 Å². The molecule has 1 atom stereocenters. The normalized spacial score (nSPS) is 12.8. The van der Waals surface area contributed by atoms with Gasteiger partial charge in [-0.15, -0.1) is 11.3 Å². The SMILES string of the molecule is NC(/N=C/c1ccccc1)c1cccc(-n2c3cc4c(cc3c3ccc5c6ccccc6sc5c32)c2ccccc2n4-c2ccccc2)c1. The lowest BCUT2D eigenvalue weighted by molar-refractivity contribution is 0.779. The number of nitrogens with two attached hydrogens (primary N) is 1. The molecule has 0 spiro atoms. The maximum atomic E-state index is 6.73. The predicted molar refractivity (Wildman–Crippen MR) is 209 cm³/mol. The van der Waals surface area contributed by atoms with Crippen LogP contribution in [0.4, 0.5) is 0 Å². The minimum absolute atomic E-state index is 0.495. The number of benzene rings is 7. The summed E-state index contributed by atoms with van der Waals surface area (Å²) in [7, 11) is 0. The van der Waals surface area contributed by atoms with E-state index in [9.17, 15) is 0 Å². The lowest BCUT2D eigenvalue weighted by Gasteiger charge is -2.13. The van der Waals surface area contributed by atoms with Crippen molar-refractivity contribution in [1.29, 1.82) is 0 Å². The molecule has 49 heavy (non-hydrogen) atoms. The molecule has 5 heteroatoms. The second-order valence-electron chi connectivity index (χ2n) is 12.6. The zero-order chi connectivity index (χ0) is 32.5. The van der Waals surface area contributed by atoms with E-state index in [4.69, 9.17) is 10.7 Å². The Bertz CT molecular complexity index is 2890. The fraction of sp³-hybridized carbons (Fsp3) is 0.0227. The Labute approximate surface area is 286 Å². The van der Waals surface area contributed by atoms with Gasteiger partial charge >= 0.3 is 0 Å². The van der Waals surface area contributed by atoms with Crippen LogP contribution in [0.2, 0.25) is 0 Å². The van der Waals surface area contributed by atoms with Crippen molar-refractivity contribution >= 4 is 81.3 Å². The summed E-state index contributed by atoms with van der Waals surface area (Å²) in [6.07, 6.45) is 1.36. The lowest BCUT2D eigenvalue weighted by Crippen LogP contribution is -2.08. The number of para-hydroxylation sites is 2. The summed E-state index contributed by atoms with van der Waals surface area (Å²) >= 11 is 1.87. The van der Waals surface area contributed by atoms with Crippen LogP contribution in [0.25, 0.3) is 75.2 Å². The molecule has 0 aliphatic rings. The maximum absolute atomic E-state index is 6.73. The van der Waals surface area contributed by atoms with Gasteiger partial charge in [-0.05, 0) is 59.7 Å². The Kier molecular flexibility index (Phi) is 6.31. The average molecular weight is 647 g/mol. The second-order valence-corrected chi connectivity index (χ2v) is 13.6. The number of fused-ring (bicyclic) bond motifs is 10. The number of hydrogen-bond acceptors (Lipinski definition) is 3. The van der Waals surface area contributed by atoms with Gasteiger partial charge < -0.3 is 14.9 Å². The Morgan fingerprint density at radius 3 is 2.04 bits per heavy atom. The maximum Gasteiger partial charge on any atom is 0.123 e. The first-order valence-corrected chi connectivity index (χ1v) is 17.4. The summed E-state index contributed by atoms with van der Waals surface area (Å²) in [5.41, 5.74) is 15.7. The van der Waals surface area contributed by atoms with Gasteiger partial charge in [0.05, 0.1) is 26.8 Å². The van der Waals surface area contributed by atoms with Crippen LogP contribution in [0, 0.1) is 0 Å². The molecule has 0 aliphatic heterocycles. The summed E-state index contributed by atoms with van der Waals surface area (Å²) < 4.78 is 7.42. The molecule has 3 aromatic heterocycles. The van der Waals surface area contributed by atoms with Crippen molar-refractivity contribution in [2.24, 2.45) is 10.7 Å². The van der Waals surface area contributed by atoms with Gasteiger partial charge in [-0.3, -0.25) is 4.99 Å². The number of aliphatic imine (C=N–C) groups is 1. The summed E-state index contributed by atoms with van der Waals surface area (Å²) in [4.78, 5) is 4.74. The zero-order valence-electron chi connectivity index (χ0n) is 26.5. The molecule has 0 aliphatic carbocycles. The van der Waals surface area contributed by atoms with E-state index in [1.807, 2.05) is 47.9 Å². The second kappa shape index (κ2) is 11.0. The topological polar surface area (TPSA) is 48.2 Å². The van der Waals surface area contributed by atoms with Crippen molar-refractivity contribution < 1.29 is 0 Å². The molecule has 0 amide bonds. The summed E-state index contributed by atoms with van der Waals surface area (Å²) in [5.74, 6) is 0. The van der Waals surface area contributed by atoms with Crippen LogP contribution in [0.15, 0.2) is 163 Å². The fourth-order valence-electron chi connectivity index (χ4n) is 7.50. The average Bonchev–Trinajstić information content (AvgIpc) is 3.81. The van der Waals surface area contributed by atoms with Crippen LogP contribution in [-0.2, 0) is 0 Å². The first-order valence-electron chi connectivity index (χ1n) is 16.5. The minimum atomic E-state index is -0.495. The highest BCUT2D eigenvalue weighted by molar-refractivity contribution is 7.26. The van der Waals surface area contributed by atoms with Gasteiger partial charge in [0.1, 0.15) is 6.17 Å². The molecule has 0 saturated carbocycles. The van der Waals surface area contributed by atoms with Crippen LogP contribution in [0.5, 0.6) is 0 Å². The van der Waals surface area contributed by atoms with Gasteiger partial charge in [0.15, 0.2) is 0 Å². The van der Waals surface area contributed by atoms with Crippen molar-refractivity contribution in [2.45, 2.75) is 6.17 Å². The first-order chi connectivity index (χ1) is 24.2. The van der Waals surface area contributed by atoms with Gasteiger partial charge in [-0.2, -0.15) is 0 Å². The third kappa shape index (κ3) is 4.37. The van der Waals surface area contributed by atoms with Crippen molar-refractivity contribution in [3.63, 3.8) is 0 Å². The third-order valence-corrected chi connectivity index (χ3v) is 10.9. The standard InChI is InChI=1S/C44H30N4S/c45-44(46-27-28-12-3-1-4-13-28)29-14-11-17-31(24-29)48-40-26-39-36(32-18-7-9-20-38(32)47(39)30-15-5-2-6-16-30)25-37(40)34-22-23-35-33-19-8-10-21-41(33)49-43(35)42(34)48/h1-27,44H,45H2/b46-27+. The van der Waals surface area contributed by atoms with Gasteiger partial charge in [0, 0.05) is 54.6 Å². The monoisotopic (exact) mass is 646 g/mol. The largest absolute Gasteiger partial charge is 0.309 e. The number of thiophene rings is 1. The molecule has 0 saturated heterocycles. The molecule has 232 valence electrons. The molecule has 0 fully saturated rings.